The number of hydrogen-bond acceptors (Lipinski definition) is 4. The molecule has 3 aromatic heterocycles. The fourth-order valence-electron chi connectivity index (χ4n) is 1.99. The summed E-state index contributed by atoms with van der Waals surface area (Å²) >= 11 is 3.35. The number of nitrogens with zero attached hydrogens (tertiary/aromatic N) is 5. The summed E-state index contributed by atoms with van der Waals surface area (Å²) < 4.78 is 3.94. The first-order valence-electron chi connectivity index (χ1n) is 5.80. The second-order valence-electron chi connectivity index (χ2n) is 4.26. The molecule has 0 unspecified atom stereocenters. The minimum atomic E-state index is -0.929. The first kappa shape index (κ1) is 12.8. The lowest BCUT2D eigenvalue weighted by Crippen LogP contribution is -2.02. The van der Waals surface area contributed by atoms with Gasteiger partial charge in [0, 0.05) is 25.0 Å². The average Bonchev–Trinajstić information content (AvgIpc) is 2.90. The summed E-state index contributed by atoms with van der Waals surface area (Å²) in [7, 11) is 1.83. The zero-order chi connectivity index (χ0) is 14.3. The van der Waals surface area contributed by atoms with Crippen molar-refractivity contribution >= 4 is 27.7 Å². The summed E-state index contributed by atoms with van der Waals surface area (Å²) in [5.74, 6) is 0.358. The molecule has 0 aliphatic carbocycles. The Hall–Kier alpha value is -2.22. The van der Waals surface area contributed by atoms with Gasteiger partial charge in [0.05, 0.1) is 12.1 Å². The van der Waals surface area contributed by atoms with E-state index >= 15 is 0 Å². The van der Waals surface area contributed by atoms with Crippen LogP contribution in [-0.4, -0.2) is 35.2 Å². The summed E-state index contributed by atoms with van der Waals surface area (Å²) in [5, 5.41) is 13.3. The first-order valence-corrected chi connectivity index (χ1v) is 6.59. The van der Waals surface area contributed by atoms with E-state index in [0.717, 1.165) is 5.56 Å². The van der Waals surface area contributed by atoms with E-state index in [2.05, 4.69) is 31.0 Å². The molecule has 102 valence electrons. The summed E-state index contributed by atoms with van der Waals surface area (Å²) in [5.41, 5.74) is 1.32. The summed E-state index contributed by atoms with van der Waals surface area (Å²) in [6.07, 6.45) is 3.26. The smallest absolute Gasteiger partial charge is 0.309 e. The Balaban J connectivity index is 2.15. The number of halogens is 1. The minimum absolute atomic E-state index is 0.147. The second-order valence-corrected chi connectivity index (χ2v) is 5.01. The maximum atomic E-state index is 10.8. The molecule has 1 N–H and O–H groups in total. The molecule has 7 nitrogen and oxygen atoms in total. The number of carboxylic acid groups (broad SMARTS) is 1. The van der Waals surface area contributed by atoms with Crippen molar-refractivity contribution in [3.8, 4) is 11.4 Å². The molecule has 0 aromatic carbocycles. The van der Waals surface area contributed by atoms with Crippen LogP contribution in [0.5, 0.6) is 0 Å². The van der Waals surface area contributed by atoms with Crippen molar-refractivity contribution < 1.29 is 9.90 Å². The maximum Gasteiger partial charge on any atom is 0.309 e. The Morgan fingerprint density at radius 3 is 2.90 bits per heavy atom. The number of aromatic nitrogens is 5. The van der Waals surface area contributed by atoms with Gasteiger partial charge in [-0.15, -0.1) is 5.10 Å². The number of imidazole rings is 1. The fourth-order valence-corrected chi connectivity index (χ4v) is 2.46. The molecule has 0 saturated carbocycles. The monoisotopic (exact) mass is 335 g/mol. The molecule has 0 bridgehead atoms. The van der Waals surface area contributed by atoms with Crippen LogP contribution in [0.15, 0.2) is 29.1 Å². The largest absolute Gasteiger partial charge is 0.481 e. The molecule has 0 aliphatic rings. The van der Waals surface area contributed by atoms with Crippen LogP contribution in [0.3, 0.4) is 0 Å². The van der Waals surface area contributed by atoms with Crippen molar-refractivity contribution in [3.63, 3.8) is 0 Å². The molecule has 20 heavy (non-hydrogen) atoms. The van der Waals surface area contributed by atoms with E-state index in [0.29, 0.717) is 21.9 Å². The summed E-state index contributed by atoms with van der Waals surface area (Å²) in [6, 6.07) is 3.73. The van der Waals surface area contributed by atoms with Gasteiger partial charge in [0.25, 0.3) is 0 Å². The van der Waals surface area contributed by atoms with E-state index < -0.39 is 5.97 Å². The third-order valence-electron chi connectivity index (χ3n) is 2.90. The van der Waals surface area contributed by atoms with Gasteiger partial charge in [0.2, 0.25) is 5.78 Å². The molecule has 3 aromatic rings. The van der Waals surface area contributed by atoms with Crippen LogP contribution in [0.2, 0.25) is 0 Å². The highest BCUT2D eigenvalue weighted by atomic mass is 79.9. The fraction of sp³-hybridized carbons (Fsp3) is 0.167. The highest BCUT2D eigenvalue weighted by Gasteiger charge is 2.19. The Morgan fingerprint density at radius 1 is 1.50 bits per heavy atom. The van der Waals surface area contributed by atoms with Gasteiger partial charge in [-0.1, -0.05) is 0 Å². The van der Waals surface area contributed by atoms with Crippen LogP contribution in [-0.2, 0) is 18.3 Å². The van der Waals surface area contributed by atoms with Crippen LogP contribution in [0, 0.1) is 0 Å². The first-order chi connectivity index (χ1) is 9.58. The molecular weight excluding hydrogens is 326 g/mol. The standard InChI is InChI=1S/C12H10BrN5O2/c1-17-11(7-3-2-4-14-6-7)16-18-10(13)8(5-9(19)20)15-12(17)18/h2-4,6H,5H2,1H3,(H,19,20). The molecular formula is C12H10BrN5O2. The molecule has 0 fully saturated rings. The number of carboxylic acids is 1. The third-order valence-corrected chi connectivity index (χ3v) is 3.69. The zero-order valence-electron chi connectivity index (χ0n) is 10.5. The highest BCUT2D eigenvalue weighted by Crippen LogP contribution is 2.23. The zero-order valence-corrected chi connectivity index (χ0v) is 12.1. The van der Waals surface area contributed by atoms with Crippen molar-refractivity contribution in [2.24, 2.45) is 7.05 Å². The van der Waals surface area contributed by atoms with Gasteiger partial charge in [-0.25, -0.2) is 4.98 Å². The van der Waals surface area contributed by atoms with Crippen LogP contribution in [0.25, 0.3) is 17.2 Å². The molecule has 0 atom stereocenters. The van der Waals surface area contributed by atoms with Crippen molar-refractivity contribution in [3.05, 3.63) is 34.8 Å². The Bertz CT molecular complexity index is 793. The lowest BCUT2D eigenvalue weighted by atomic mass is 10.3. The van der Waals surface area contributed by atoms with Gasteiger partial charge >= 0.3 is 5.97 Å². The number of pyridine rings is 1. The molecule has 0 saturated heterocycles. The van der Waals surface area contributed by atoms with Crippen molar-refractivity contribution in [1.82, 2.24) is 24.1 Å². The normalized spacial score (nSPS) is 11.1. The van der Waals surface area contributed by atoms with Gasteiger partial charge in [-0.05, 0) is 28.1 Å². The van der Waals surface area contributed by atoms with Crippen LogP contribution >= 0.6 is 15.9 Å². The van der Waals surface area contributed by atoms with E-state index in [1.807, 2.05) is 19.2 Å². The van der Waals surface area contributed by atoms with Crippen molar-refractivity contribution in [1.29, 1.82) is 0 Å². The SMILES string of the molecule is Cn1c(-c2cccnc2)nn2c(Br)c(CC(=O)O)nc12. The molecule has 3 heterocycles. The lowest BCUT2D eigenvalue weighted by molar-refractivity contribution is -0.136. The van der Waals surface area contributed by atoms with Gasteiger partial charge < -0.3 is 5.11 Å². The quantitative estimate of drug-likeness (QED) is 0.784. The second kappa shape index (κ2) is 4.71. The molecule has 3 rings (SSSR count). The summed E-state index contributed by atoms with van der Waals surface area (Å²) in [6.45, 7) is 0. The Morgan fingerprint density at radius 2 is 2.30 bits per heavy atom. The maximum absolute atomic E-state index is 10.8. The van der Waals surface area contributed by atoms with Gasteiger partial charge in [0.15, 0.2) is 5.82 Å². The number of aliphatic carboxylic acids is 1. The van der Waals surface area contributed by atoms with Crippen LogP contribution in [0.4, 0.5) is 0 Å². The number of fused-ring (bicyclic) bond motifs is 1. The highest BCUT2D eigenvalue weighted by molar-refractivity contribution is 9.10. The van der Waals surface area contributed by atoms with Gasteiger partial charge in [-0.2, -0.15) is 4.52 Å². The predicted molar refractivity (Wildman–Crippen MR) is 74.2 cm³/mol. The number of rotatable bonds is 3. The van der Waals surface area contributed by atoms with Crippen LogP contribution in [0.1, 0.15) is 5.69 Å². The van der Waals surface area contributed by atoms with Gasteiger partial charge in [-0.3, -0.25) is 14.3 Å². The minimum Gasteiger partial charge on any atom is -0.481 e. The van der Waals surface area contributed by atoms with E-state index in [9.17, 15) is 4.79 Å². The number of hydrogen-bond donors (Lipinski definition) is 1. The topological polar surface area (TPSA) is 85.3 Å². The third kappa shape index (κ3) is 1.97. The average molecular weight is 336 g/mol. The Labute approximate surface area is 122 Å². The summed E-state index contributed by atoms with van der Waals surface area (Å²) in [4.78, 5) is 19.2. The molecule has 0 radical (unpaired) electrons. The molecule has 0 aliphatic heterocycles. The number of aryl methyl sites for hydroxylation is 1. The Kier molecular flexibility index (Phi) is 3.01. The predicted octanol–water partition coefficient (Wildman–Crippen LogP) is 1.52. The van der Waals surface area contributed by atoms with Crippen molar-refractivity contribution in [2.75, 3.05) is 0 Å². The molecule has 0 amide bonds. The van der Waals surface area contributed by atoms with E-state index in [1.165, 1.54) is 0 Å². The van der Waals surface area contributed by atoms with E-state index in [-0.39, 0.29) is 6.42 Å². The van der Waals surface area contributed by atoms with Gasteiger partial charge in [0.1, 0.15) is 4.60 Å². The number of carbonyl (C=O) groups is 1. The lowest BCUT2D eigenvalue weighted by Gasteiger charge is -1.99. The van der Waals surface area contributed by atoms with Crippen LogP contribution < -0.4 is 0 Å². The molecule has 0 spiro atoms. The van der Waals surface area contributed by atoms with Crippen molar-refractivity contribution in [2.45, 2.75) is 6.42 Å². The molecule has 8 heteroatoms. The van der Waals surface area contributed by atoms with E-state index in [1.54, 1.807) is 21.5 Å². The van der Waals surface area contributed by atoms with E-state index in [4.69, 9.17) is 5.11 Å².